The van der Waals surface area contributed by atoms with Crippen LogP contribution >= 0.6 is 0 Å². The van der Waals surface area contributed by atoms with Gasteiger partial charge in [-0.15, -0.1) is 0 Å². The van der Waals surface area contributed by atoms with E-state index in [2.05, 4.69) is 12.2 Å². The highest BCUT2D eigenvalue weighted by molar-refractivity contribution is 5.93. The Morgan fingerprint density at radius 1 is 1.14 bits per heavy atom. The zero-order chi connectivity index (χ0) is 20.1. The van der Waals surface area contributed by atoms with Crippen LogP contribution in [0.4, 0.5) is 0 Å². The minimum atomic E-state index is -0.626. The van der Waals surface area contributed by atoms with Crippen LogP contribution in [0.1, 0.15) is 56.0 Å². The number of benzene rings is 1. The average Bonchev–Trinajstić information content (AvgIpc) is 3.09. The Balaban J connectivity index is 1.84. The number of unbranched alkanes of at least 4 members (excludes halogenated alkanes) is 1. The van der Waals surface area contributed by atoms with E-state index in [0.717, 1.165) is 35.2 Å². The van der Waals surface area contributed by atoms with Gasteiger partial charge < -0.3 is 14.8 Å². The molecule has 5 nitrogen and oxygen atoms in total. The molecule has 0 saturated heterocycles. The lowest BCUT2D eigenvalue weighted by molar-refractivity contribution is -0.138. The molecule has 0 aliphatic carbocycles. The normalized spacial score (nSPS) is 15.8. The Kier molecular flexibility index (Phi) is 6.34. The molecular formula is C23H29N3O2. The minimum Gasteiger partial charge on any atom is -0.354 e. The summed E-state index contributed by atoms with van der Waals surface area (Å²) in [5.74, 6) is -0.154. The number of amides is 2. The predicted octanol–water partition coefficient (Wildman–Crippen LogP) is 3.82. The monoisotopic (exact) mass is 379 g/mol. The Bertz CT molecular complexity index is 867. The third-order valence-electron chi connectivity index (χ3n) is 5.25. The zero-order valence-corrected chi connectivity index (χ0v) is 16.9. The van der Waals surface area contributed by atoms with Crippen molar-refractivity contribution < 1.29 is 9.59 Å². The lowest BCUT2D eigenvalue weighted by Gasteiger charge is -2.33. The second-order valence-electron chi connectivity index (χ2n) is 7.37. The topological polar surface area (TPSA) is 54.3 Å². The quantitative estimate of drug-likeness (QED) is 0.744. The van der Waals surface area contributed by atoms with Gasteiger partial charge in [-0.2, -0.15) is 0 Å². The second-order valence-corrected chi connectivity index (χ2v) is 7.37. The summed E-state index contributed by atoms with van der Waals surface area (Å²) < 4.78 is 1.95. The summed E-state index contributed by atoms with van der Waals surface area (Å²) in [6.07, 6.45) is 6.75. The summed E-state index contributed by atoms with van der Waals surface area (Å²) in [5.41, 5.74) is 4.03. The molecule has 3 rings (SSSR count). The molecule has 1 aliphatic heterocycles. The van der Waals surface area contributed by atoms with Crippen LogP contribution in [-0.2, 0) is 23.1 Å². The third-order valence-corrected chi connectivity index (χ3v) is 5.25. The molecule has 1 aromatic carbocycles. The first-order valence-corrected chi connectivity index (χ1v) is 9.99. The number of nitrogens with one attached hydrogen (secondary N) is 1. The van der Waals surface area contributed by atoms with Gasteiger partial charge >= 0.3 is 0 Å². The number of fused-ring (bicyclic) bond motifs is 1. The summed E-state index contributed by atoms with van der Waals surface area (Å²) in [6.45, 7) is 4.70. The number of aryl methyl sites for hydroxylation is 2. The molecule has 2 aromatic rings. The van der Waals surface area contributed by atoms with E-state index in [1.807, 2.05) is 67.3 Å². The maximum Gasteiger partial charge on any atom is 0.249 e. The van der Waals surface area contributed by atoms with Crippen LogP contribution in [-0.4, -0.2) is 27.8 Å². The van der Waals surface area contributed by atoms with E-state index in [1.54, 1.807) is 4.90 Å². The second kappa shape index (κ2) is 8.91. The van der Waals surface area contributed by atoms with Crippen molar-refractivity contribution in [2.75, 3.05) is 6.54 Å². The molecule has 0 bridgehead atoms. The molecule has 2 amide bonds. The summed E-state index contributed by atoms with van der Waals surface area (Å²) in [7, 11) is 1.93. The van der Waals surface area contributed by atoms with Crippen molar-refractivity contribution in [3.63, 3.8) is 0 Å². The van der Waals surface area contributed by atoms with E-state index in [1.165, 1.54) is 0 Å². The SMILES string of the molecule is CCCCNC(=O)C1c2c(ccn2C)C(C)=CN1C(=O)CCc1ccccc1. The van der Waals surface area contributed by atoms with Gasteiger partial charge in [-0.05, 0) is 37.0 Å². The number of carbonyl (C=O) groups is 2. The number of hydrogen-bond donors (Lipinski definition) is 1. The lowest BCUT2D eigenvalue weighted by atomic mass is 9.97. The maximum absolute atomic E-state index is 13.1. The first kappa shape index (κ1) is 19.9. The van der Waals surface area contributed by atoms with Crippen LogP contribution in [0.5, 0.6) is 0 Å². The van der Waals surface area contributed by atoms with Gasteiger partial charge in [0.25, 0.3) is 0 Å². The highest BCUT2D eigenvalue weighted by atomic mass is 16.2. The predicted molar refractivity (Wildman–Crippen MR) is 111 cm³/mol. The van der Waals surface area contributed by atoms with Gasteiger partial charge in [-0.25, -0.2) is 0 Å². The number of hydrogen-bond acceptors (Lipinski definition) is 2. The highest BCUT2D eigenvalue weighted by Gasteiger charge is 2.36. The van der Waals surface area contributed by atoms with Crippen molar-refractivity contribution in [1.29, 1.82) is 0 Å². The fraction of sp³-hybridized carbons (Fsp3) is 0.391. The molecule has 0 fully saturated rings. The van der Waals surface area contributed by atoms with Crippen LogP contribution in [0, 0.1) is 0 Å². The molecule has 148 valence electrons. The van der Waals surface area contributed by atoms with Gasteiger partial charge in [-0.3, -0.25) is 9.59 Å². The molecule has 0 spiro atoms. The van der Waals surface area contributed by atoms with Gasteiger partial charge in [0.1, 0.15) is 0 Å². The van der Waals surface area contributed by atoms with Gasteiger partial charge in [0.15, 0.2) is 6.04 Å². The molecule has 1 aromatic heterocycles. The van der Waals surface area contributed by atoms with Gasteiger partial charge in [0, 0.05) is 38.0 Å². The van der Waals surface area contributed by atoms with E-state index in [-0.39, 0.29) is 11.8 Å². The van der Waals surface area contributed by atoms with Crippen LogP contribution in [0.25, 0.3) is 5.57 Å². The molecule has 5 heteroatoms. The Labute approximate surface area is 167 Å². The van der Waals surface area contributed by atoms with Crippen molar-refractivity contribution in [3.05, 3.63) is 65.6 Å². The Morgan fingerprint density at radius 2 is 1.89 bits per heavy atom. The molecule has 1 aliphatic rings. The smallest absolute Gasteiger partial charge is 0.249 e. The van der Waals surface area contributed by atoms with Gasteiger partial charge in [-0.1, -0.05) is 43.7 Å². The van der Waals surface area contributed by atoms with Crippen LogP contribution < -0.4 is 5.32 Å². The number of nitrogens with zero attached hydrogens (tertiary/aromatic N) is 2. The van der Waals surface area contributed by atoms with E-state index in [9.17, 15) is 9.59 Å². The van der Waals surface area contributed by atoms with E-state index < -0.39 is 6.04 Å². The fourth-order valence-corrected chi connectivity index (χ4v) is 3.68. The molecule has 2 heterocycles. The van der Waals surface area contributed by atoms with Crippen molar-refractivity contribution in [2.24, 2.45) is 7.05 Å². The number of rotatable bonds is 7. The Morgan fingerprint density at radius 3 is 2.61 bits per heavy atom. The van der Waals surface area contributed by atoms with E-state index >= 15 is 0 Å². The van der Waals surface area contributed by atoms with Crippen molar-refractivity contribution in [3.8, 4) is 0 Å². The largest absolute Gasteiger partial charge is 0.354 e. The molecule has 1 unspecified atom stereocenters. The molecule has 1 atom stereocenters. The van der Waals surface area contributed by atoms with Gasteiger partial charge in [0.05, 0.1) is 5.69 Å². The fourth-order valence-electron chi connectivity index (χ4n) is 3.68. The summed E-state index contributed by atoms with van der Waals surface area (Å²) >= 11 is 0. The summed E-state index contributed by atoms with van der Waals surface area (Å²) in [6, 6.07) is 11.4. The Hall–Kier alpha value is -2.82. The zero-order valence-electron chi connectivity index (χ0n) is 16.9. The first-order chi connectivity index (χ1) is 13.5. The maximum atomic E-state index is 13.1. The number of aromatic nitrogens is 1. The molecular weight excluding hydrogens is 350 g/mol. The minimum absolute atomic E-state index is 0.0364. The molecule has 0 radical (unpaired) electrons. The van der Waals surface area contributed by atoms with Crippen LogP contribution in [0.15, 0.2) is 48.8 Å². The van der Waals surface area contributed by atoms with Crippen molar-refractivity contribution >= 4 is 17.4 Å². The van der Waals surface area contributed by atoms with Gasteiger partial charge in [0.2, 0.25) is 11.8 Å². The molecule has 0 saturated carbocycles. The van der Waals surface area contributed by atoms with Crippen molar-refractivity contribution in [1.82, 2.24) is 14.8 Å². The average molecular weight is 380 g/mol. The van der Waals surface area contributed by atoms with Crippen LogP contribution in [0.2, 0.25) is 0 Å². The van der Waals surface area contributed by atoms with Crippen molar-refractivity contribution in [2.45, 2.75) is 45.6 Å². The molecule has 1 N–H and O–H groups in total. The first-order valence-electron chi connectivity index (χ1n) is 9.99. The molecule has 28 heavy (non-hydrogen) atoms. The third kappa shape index (κ3) is 4.19. The summed E-state index contributed by atoms with van der Waals surface area (Å²) in [4.78, 5) is 27.8. The highest BCUT2D eigenvalue weighted by Crippen LogP contribution is 2.35. The number of allylic oxidation sites excluding steroid dienone is 1. The number of carbonyl (C=O) groups excluding carboxylic acids is 2. The van der Waals surface area contributed by atoms with Crippen LogP contribution in [0.3, 0.4) is 0 Å². The van der Waals surface area contributed by atoms with E-state index in [0.29, 0.717) is 19.4 Å². The standard InChI is InChI=1S/C23H29N3O2/c1-4-5-14-24-23(28)22-21-19(13-15-25(21)3)17(2)16-26(22)20(27)12-11-18-9-7-6-8-10-18/h6-10,13,15-16,22H,4-5,11-12,14H2,1-3H3,(H,24,28). The summed E-state index contributed by atoms with van der Waals surface area (Å²) in [5, 5.41) is 3.01. The lowest BCUT2D eigenvalue weighted by Crippen LogP contribution is -2.44. The van der Waals surface area contributed by atoms with E-state index in [4.69, 9.17) is 0 Å².